The SMILES string of the molecule is CN(N)NC(N)=S. The van der Waals surface area contributed by atoms with Crippen molar-refractivity contribution in [2.45, 2.75) is 0 Å². The lowest BCUT2D eigenvalue weighted by Crippen LogP contribution is -2.46. The molecule has 42 valence electrons. The minimum absolute atomic E-state index is 0.171. The summed E-state index contributed by atoms with van der Waals surface area (Å²) in [6.07, 6.45) is 0. The Morgan fingerprint density at radius 1 is 1.86 bits per heavy atom. The predicted octanol–water partition coefficient (Wildman–Crippen LogP) is -1.46. The van der Waals surface area contributed by atoms with Gasteiger partial charge in [-0.3, -0.25) is 11.3 Å². The largest absolute Gasteiger partial charge is 0.375 e. The summed E-state index contributed by atoms with van der Waals surface area (Å²) < 4.78 is 0. The van der Waals surface area contributed by atoms with Gasteiger partial charge in [-0.1, -0.05) is 0 Å². The Morgan fingerprint density at radius 3 is 2.29 bits per heavy atom. The number of hydrazine groups is 2. The second kappa shape index (κ2) is 2.73. The molecule has 0 aromatic heterocycles. The Hall–Kier alpha value is -0.390. The highest BCUT2D eigenvalue weighted by atomic mass is 32.1. The van der Waals surface area contributed by atoms with Crippen LogP contribution in [-0.4, -0.2) is 17.3 Å². The van der Waals surface area contributed by atoms with E-state index < -0.39 is 0 Å². The molecular weight excluding hydrogens is 112 g/mol. The molecule has 0 saturated carbocycles. The molecule has 0 radical (unpaired) electrons. The van der Waals surface area contributed by atoms with Crippen molar-refractivity contribution in [3.05, 3.63) is 0 Å². The monoisotopic (exact) mass is 120 g/mol. The third-order valence-corrected chi connectivity index (χ3v) is 0.378. The van der Waals surface area contributed by atoms with E-state index in [4.69, 9.17) is 11.6 Å². The first-order valence-electron chi connectivity index (χ1n) is 1.67. The highest BCUT2D eigenvalue weighted by molar-refractivity contribution is 7.80. The average molecular weight is 120 g/mol. The molecule has 0 saturated heterocycles. The molecule has 0 spiro atoms. The van der Waals surface area contributed by atoms with Crippen molar-refractivity contribution in [1.82, 2.24) is 10.5 Å². The van der Waals surface area contributed by atoms with Crippen LogP contribution >= 0.6 is 12.2 Å². The molecular formula is C2H8N4S. The predicted molar refractivity (Wildman–Crippen MR) is 31.9 cm³/mol. The van der Waals surface area contributed by atoms with Crippen LogP contribution in [0.15, 0.2) is 0 Å². The summed E-state index contributed by atoms with van der Waals surface area (Å²) in [7, 11) is 1.60. The number of hydrogen-bond donors (Lipinski definition) is 3. The molecule has 0 aliphatic carbocycles. The van der Waals surface area contributed by atoms with Gasteiger partial charge in [-0.25, -0.2) is 0 Å². The first-order chi connectivity index (χ1) is 3.13. The zero-order valence-corrected chi connectivity index (χ0v) is 4.83. The van der Waals surface area contributed by atoms with Crippen LogP contribution in [0.3, 0.4) is 0 Å². The van der Waals surface area contributed by atoms with E-state index in [2.05, 4.69) is 17.6 Å². The third-order valence-electron chi connectivity index (χ3n) is 0.287. The van der Waals surface area contributed by atoms with E-state index in [1.54, 1.807) is 7.05 Å². The Bertz CT molecular complexity index is 70.1. The Morgan fingerprint density at radius 2 is 2.29 bits per heavy atom. The fraction of sp³-hybridized carbons (Fsp3) is 0.500. The van der Waals surface area contributed by atoms with Crippen LogP contribution in [0, 0.1) is 0 Å². The second-order valence-electron chi connectivity index (χ2n) is 1.09. The zero-order chi connectivity index (χ0) is 5.86. The molecule has 5 N–H and O–H groups in total. The molecule has 0 unspecified atom stereocenters. The van der Waals surface area contributed by atoms with Crippen molar-refractivity contribution in [2.24, 2.45) is 11.6 Å². The number of nitrogens with two attached hydrogens (primary N) is 2. The first kappa shape index (κ1) is 6.61. The number of hydrogen-bond acceptors (Lipinski definition) is 3. The van der Waals surface area contributed by atoms with Gasteiger partial charge in [0, 0.05) is 7.05 Å². The fourth-order valence-corrected chi connectivity index (χ4v) is 0.318. The van der Waals surface area contributed by atoms with E-state index in [0.717, 1.165) is 0 Å². The van der Waals surface area contributed by atoms with E-state index in [9.17, 15) is 0 Å². The molecule has 0 amide bonds. The molecule has 5 heteroatoms. The molecule has 0 atom stereocenters. The number of nitrogens with zero attached hydrogens (tertiary/aromatic N) is 1. The molecule has 0 aromatic carbocycles. The van der Waals surface area contributed by atoms with Gasteiger partial charge in [0.2, 0.25) is 0 Å². The lowest BCUT2D eigenvalue weighted by atomic mass is 11.2. The minimum Gasteiger partial charge on any atom is -0.375 e. The van der Waals surface area contributed by atoms with Crippen molar-refractivity contribution in [1.29, 1.82) is 0 Å². The van der Waals surface area contributed by atoms with E-state index in [1.165, 1.54) is 5.12 Å². The van der Waals surface area contributed by atoms with Crippen molar-refractivity contribution < 1.29 is 0 Å². The fourth-order valence-electron chi connectivity index (χ4n) is 0.174. The van der Waals surface area contributed by atoms with Gasteiger partial charge in [-0.05, 0) is 12.2 Å². The molecule has 0 heterocycles. The lowest BCUT2D eigenvalue weighted by molar-refractivity contribution is 0.306. The summed E-state index contributed by atoms with van der Waals surface area (Å²) in [5.41, 5.74) is 7.42. The normalized spacial score (nSPS) is 9.00. The van der Waals surface area contributed by atoms with Crippen molar-refractivity contribution in [2.75, 3.05) is 7.05 Å². The number of nitrogens with one attached hydrogen (secondary N) is 1. The minimum atomic E-state index is 0.171. The maximum absolute atomic E-state index is 5.05. The van der Waals surface area contributed by atoms with E-state index in [1.807, 2.05) is 0 Å². The maximum Gasteiger partial charge on any atom is 0.179 e. The molecule has 0 aliphatic rings. The quantitative estimate of drug-likeness (QED) is 0.224. The molecule has 4 nitrogen and oxygen atoms in total. The highest BCUT2D eigenvalue weighted by Gasteiger charge is 1.83. The average Bonchev–Trinajstić information content (AvgIpc) is 1.27. The molecule has 0 bridgehead atoms. The molecule has 0 aromatic rings. The maximum atomic E-state index is 5.05. The van der Waals surface area contributed by atoms with Crippen molar-refractivity contribution in [3.63, 3.8) is 0 Å². The van der Waals surface area contributed by atoms with Crippen LogP contribution in [-0.2, 0) is 0 Å². The highest BCUT2D eigenvalue weighted by Crippen LogP contribution is 1.55. The van der Waals surface area contributed by atoms with Crippen LogP contribution in [0.4, 0.5) is 0 Å². The summed E-state index contributed by atoms with van der Waals surface area (Å²) in [5, 5.41) is 1.35. The number of thiocarbonyl (C=S) groups is 1. The van der Waals surface area contributed by atoms with Crippen LogP contribution in [0.2, 0.25) is 0 Å². The lowest BCUT2D eigenvalue weighted by Gasteiger charge is -2.08. The Kier molecular flexibility index (Phi) is 2.58. The van der Waals surface area contributed by atoms with Gasteiger partial charge in [0.05, 0.1) is 0 Å². The van der Waals surface area contributed by atoms with Crippen molar-refractivity contribution in [3.8, 4) is 0 Å². The van der Waals surface area contributed by atoms with Crippen molar-refractivity contribution >= 4 is 17.3 Å². The van der Waals surface area contributed by atoms with Gasteiger partial charge in [0.1, 0.15) is 0 Å². The van der Waals surface area contributed by atoms with Gasteiger partial charge >= 0.3 is 0 Å². The summed E-state index contributed by atoms with van der Waals surface area (Å²) in [4.78, 5) is 0. The topological polar surface area (TPSA) is 67.3 Å². The number of rotatable bonds is 1. The van der Waals surface area contributed by atoms with Crippen LogP contribution in [0.5, 0.6) is 0 Å². The Labute approximate surface area is 47.4 Å². The Balaban J connectivity index is 3.13. The van der Waals surface area contributed by atoms with E-state index in [0.29, 0.717) is 0 Å². The van der Waals surface area contributed by atoms with E-state index in [-0.39, 0.29) is 5.11 Å². The molecule has 7 heavy (non-hydrogen) atoms. The van der Waals surface area contributed by atoms with Gasteiger partial charge in [-0.2, -0.15) is 5.12 Å². The van der Waals surface area contributed by atoms with Gasteiger partial charge in [-0.15, -0.1) is 0 Å². The summed E-state index contributed by atoms with van der Waals surface area (Å²) in [6.45, 7) is 0. The second-order valence-corrected chi connectivity index (χ2v) is 1.53. The standard InChI is InChI=1S/C2H8N4S/c1-6(4)5-2(3)7/h4H2,1H3,(H3,3,5,7). The molecule has 0 rings (SSSR count). The molecule has 0 aliphatic heterocycles. The molecule has 0 fully saturated rings. The zero-order valence-electron chi connectivity index (χ0n) is 4.01. The van der Waals surface area contributed by atoms with Gasteiger partial charge in [0.15, 0.2) is 5.11 Å². The van der Waals surface area contributed by atoms with Crippen LogP contribution in [0.1, 0.15) is 0 Å². The van der Waals surface area contributed by atoms with Crippen LogP contribution < -0.4 is 17.0 Å². The smallest absolute Gasteiger partial charge is 0.179 e. The van der Waals surface area contributed by atoms with Crippen LogP contribution in [0.25, 0.3) is 0 Å². The van der Waals surface area contributed by atoms with Gasteiger partial charge < -0.3 is 5.73 Å². The summed E-state index contributed by atoms with van der Waals surface area (Å²) >= 11 is 4.42. The first-order valence-corrected chi connectivity index (χ1v) is 2.08. The van der Waals surface area contributed by atoms with E-state index >= 15 is 0 Å². The third kappa shape index (κ3) is 5.61. The summed E-state index contributed by atoms with van der Waals surface area (Å²) in [5.74, 6) is 5.05. The van der Waals surface area contributed by atoms with Gasteiger partial charge in [0.25, 0.3) is 0 Å². The summed E-state index contributed by atoms with van der Waals surface area (Å²) in [6, 6.07) is 0.